The van der Waals surface area contributed by atoms with Crippen LogP contribution in [-0.2, 0) is 16.1 Å². The van der Waals surface area contributed by atoms with Gasteiger partial charge >= 0.3 is 5.97 Å². The highest BCUT2D eigenvalue weighted by Gasteiger charge is 2.03. The number of carbonyl (C=O) groups is 2. The highest BCUT2D eigenvalue weighted by Crippen LogP contribution is 1.95. The molecule has 0 atom stereocenters. The first-order valence-corrected chi connectivity index (χ1v) is 5.05. The van der Waals surface area contributed by atoms with Crippen LogP contribution in [0.2, 0.25) is 0 Å². The number of amides is 1. The lowest BCUT2D eigenvalue weighted by Gasteiger charge is -2.03. The van der Waals surface area contributed by atoms with Crippen molar-refractivity contribution in [2.24, 2.45) is 0 Å². The van der Waals surface area contributed by atoms with Gasteiger partial charge in [-0.15, -0.1) is 0 Å². The van der Waals surface area contributed by atoms with Crippen molar-refractivity contribution in [3.63, 3.8) is 0 Å². The number of hydrogen-bond acceptors (Lipinski definition) is 3. The van der Waals surface area contributed by atoms with Gasteiger partial charge in [-0.1, -0.05) is 0 Å². The number of carbonyl (C=O) groups excluding carboxylic acids is 1. The van der Waals surface area contributed by atoms with E-state index in [0.717, 1.165) is 5.56 Å². The molecule has 0 aliphatic heterocycles. The Balaban J connectivity index is 2.17. The topological polar surface area (TPSA) is 84.2 Å². The summed E-state index contributed by atoms with van der Waals surface area (Å²) in [4.78, 5) is 21.5. The number of aliphatic carboxylic acids is 1. The summed E-state index contributed by atoms with van der Waals surface area (Å²) in [6, 6.07) is 0. The minimum atomic E-state index is -0.914. The predicted molar refractivity (Wildman–Crippen MR) is 56.8 cm³/mol. The molecule has 0 saturated heterocycles. The minimum absolute atomic E-state index is 0.0490. The standard InChI is InChI=1S/C10H15N3O3/c1-8-6-12-13(7-8)5-3-9(14)11-4-2-10(15)16/h6-7H,2-5H2,1H3,(H,11,14)(H,15,16). The first kappa shape index (κ1) is 12.2. The van der Waals surface area contributed by atoms with Gasteiger partial charge in [0.05, 0.1) is 12.6 Å². The minimum Gasteiger partial charge on any atom is -0.481 e. The molecule has 1 aromatic heterocycles. The van der Waals surface area contributed by atoms with E-state index in [-0.39, 0.29) is 18.9 Å². The first-order chi connectivity index (χ1) is 7.58. The molecular weight excluding hydrogens is 210 g/mol. The number of aromatic nitrogens is 2. The molecule has 0 aliphatic carbocycles. The van der Waals surface area contributed by atoms with E-state index in [0.29, 0.717) is 13.0 Å². The van der Waals surface area contributed by atoms with Gasteiger partial charge in [0.1, 0.15) is 0 Å². The van der Waals surface area contributed by atoms with Crippen molar-refractivity contribution in [2.75, 3.05) is 6.54 Å². The van der Waals surface area contributed by atoms with Gasteiger partial charge in [0, 0.05) is 25.7 Å². The van der Waals surface area contributed by atoms with Crippen LogP contribution in [0.3, 0.4) is 0 Å². The summed E-state index contributed by atoms with van der Waals surface area (Å²) in [6.45, 7) is 2.61. The van der Waals surface area contributed by atoms with Gasteiger partial charge < -0.3 is 10.4 Å². The van der Waals surface area contributed by atoms with Crippen LogP contribution in [-0.4, -0.2) is 33.3 Å². The second kappa shape index (κ2) is 5.89. The maximum Gasteiger partial charge on any atom is 0.305 e. The second-order valence-corrected chi connectivity index (χ2v) is 3.52. The Labute approximate surface area is 93.3 Å². The van der Waals surface area contributed by atoms with E-state index in [2.05, 4.69) is 10.4 Å². The smallest absolute Gasteiger partial charge is 0.305 e. The summed E-state index contributed by atoms with van der Waals surface area (Å²) in [5.41, 5.74) is 1.05. The van der Waals surface area contributed by atoms with Crippen LogP contribution in [0.1, 0.15) is 18.4 Å². The number of aryl methyl sites for hydroxylation is 2. The summed E-state index contributed by atoms with van der Waals surface area (Å²) in [5, 5.41) is 14.9. The molecule has 0 aromatic carbocycles. The number of rotatable bonds is 6. The summed E-state index contributed by atoms with van der Waals surface area (Å²) >= 11 is 0. The molecule has 6 heteroatoms. The van der Waals surface area contributed by atoms with Crippen LogP contribution in [0.25, 0.3) is 0 Å². The SMILES string of the molecule is Cc1cnn(CCC(=O)NCCC(=O)O)c1. The van der Waals surface area contributed by atoms with Crippen LogP contribution in [0.4, 0.5) is 0 Å². The van der Waals surface area contributed by atoms with Gasteiger partial charge in [-0.2, -0.15) is 5.10 Å². The largest absolute Gasteiger partial charge is 0.481 e. The summed E-state index contributed by atoms with van der Waals surface area (Å²) < 4.78 is 1.69. The van der Waals surface area contributed by atoms with Gasteiger partial charge in [0.2, 0.25) is 5.91 Å². The fourth-order valence-electron chi connectivity index (χ4n) is 1.20. The number of nitrogens with one attached hydrogen (secondary N) is 1. The Morgan fingerprint density at radius 3 is 2.81 bits per heavy atom. The molecule has 0 spiro atoms. The van der Waals surface area contributed by atoms with Crippen molar-refractivity contribution in [1.29, 1.82) is 0 Å². The van der Waals surface area contributed by atoms with Crippen LogP contribution < -0.4 is 5.32 Å². The third kappa shape index (κ3) is 4.59. The Kier molecular flexibility index (Phi) is 4.50. The molecule has 1 heterocycles. The van der Waals surface area contributed by atoms with E-state index in [9.17, 15) is 9.59 Å². The summed E-state index contributed by atoms with van der Waals surface area (Å²) in [5.74, 6) is -1.07. The molecule has 88 valence electrons. The highest BCUT2D eigenvalue weighted by atomic mass is 16.4. The van der Waals surface area contributed by atoms with Crippen LogP contribution >= 0.6 is 0 Å². The molecule has 1 aromatic rings. The molecule has 0 aliphatic rings. The average Bonchev–Trinajstić information content (AvgIpc) is 2.61. The zero-order valence-electron chi connectivity index (χ0n) is 9.14. The lowest BCUT2D eigenvalue weighted by Crippen LogP contribution is -2.26. The number of carboxylic acids is 1. The Morgan fingerprint density at radius 1 is 1.50 bits per heavy atom. The molecule has 0 fully saturated rings. The first-order valence-electron chi connectivity index (χ1n) is 5.05. The van der Waals surface area contributed by atoms with Gasteiger partial charge in [0.25, 0.3) is 0 Å². The van der Waals surface area contributed by atoms with Crippen molar-refractivity contribution in [2.45, 2.75) is 26.3 Å². The molecule has 0 unspecified atom stereocenters. The molecule has 1 amide bonds. The number of hydrogen-bond donors (Lipinski definition) is 2. The van der Waals surface area contributed by atoms with Gasteiger partial charge in [-0.3, -0.25) is 14.3 Å². The molecule has 2 N–H and O–H groups in total. The van der Waals surface area contributed by atoms with Gasteiger partial charge in [-0.25, -0.2) is 0 Å². The molecular formula is C10H15N3O3. The molecule has 0 saturated carbocycles. The number of carboxylic acid groups (broad SMARTS) is 1. The Hall–Kier alpha value is -1.85. The lowest BCUT2D eigenvalue weighted by molar-refractivity contribution is -0.136. The quantitative estimate of drug-likeness (QED) is 0.723. The van der Waals surface area contributed by atoms with Crippen LogP contribution in [0, 0.1) is 6.92 Å². The average molecular weight is 225 g/mol. The molecule has 16 heavy (non-hydrogen) atoms. The van der Waals surface area contributed by atoms with Crippen molar-refractivity contribution < 1.29 is 14.7 Å². The van der Waals surface area contributed by atoms with Crippen molar-refractivity contribution in [3.8, 4) is 0 Å². The highest BCUT2D eigenvalue weighted by molar-refractivity contribution is 5.76. The van der Waals surface area contributed by atoms with E-state index in [4.69, 9.17) is 5.11 Å². The third-order valence-corrected chi connectivity index (χ3v) is 1.99. The maximum atomic E-state index is 11.3. The van der Waals surface area contributed by atoms with Crippen LogP contribution in [0.5, 0.6) is 0 Å². The fraction of sp³-hybridized carbons (Fsp3) is 0.500. The van der Waals surface area contributed by atoms with E-state index < -0.39 is 5.97 Å². The normalized spacial score (nSPS) is 10.1. The van der Waals surface area contributed by atoms with Gasteiger partial charge in [0.15, 0.2) is 0 Å². The van der Waals surface area contributed by atoms with Crippen molar-refractivity contribution >= 4 is 11.9 Å². The van der Waals surface area contributed by atoms with Gasteiger partial charge in [-0.05, 0) is 12.5 Å². The van der Waals surface area contributed by atoms with Crippen molar-refractivity contribution in [3.05, 3.63) is 18.0 Å². The summed E-state index contributed by atoms with van der Waals surface area (Å²) in [6.07, 6.45) is 3.83. The van der Waals surface area contributed by atoms with Crippen LogP contribution in [0.15, 0.2) is 12.4 Å². The van der Waals surface area contributed by atoms with E-state index in [1.807, 2.05) is 13.1 Å². The van der Waals surface area contributed by atoms with Crippen molar-refractivity contribution in [1.82, 2.24) is 15.1 Å². The molecule has 0 radical (unpaired) electrons. The predicted octanol–water partition coefficient (Wildman–Crippen LogP) is 0.173. The Bertz CT molecular complexity index is 373. The zero-order valence-corrected chi connectivity index (χ0v) is 9.14. The third-order valence-electron chi connectivity index (χ3n) is 1.99. The molecule has 0 bridgehead atoms. The molecule has 6 nitrogen and oxygen atoms in total. The molecule has 1 rings (SSSR count). The maximum absolute atomic E-state index is 11.3. The fourth-order valence-corrected chi connectivity index (χ4v) is 1.20. The second-order valence-electron chi connectivity index (χ2n) is 3.52. The van der Waals surface area contributed by atoms with E-state index in [1.54, 1.807) is 10.9 Å². The monoisotopic (exact) mass is 225 g/mol. The zero-order chi connectivity index (χ0) is 12.0. The van der Waals surface area contributed by atoms with E-state index in [1.165, 1.54) is 0 Å². The van der Waals surface area contributed by atoms with E-state index >= 15 is 0 Å². The lowest BCUT2D eigenvalue weighted by atomic mass is 10.3. The summed E-state index contributed by atoms with van der Waals surface area (Å²) in [7, 11) is 0. The number of nitrogens with zero attached hydrogens (tertiary/aromatic N) is 2. The Morgan fingerprint density at radius 2 is 2.25 bits per heavy atom.